The molecule has 4 rings (SSSR count). The number of nitrogens with zero attached hydrogens (tertiary/aromatic N) is 2. The second-order valence-corrected chi connectivity index (χ2v) is 5.77. The van der Waals surface area contributed by atoms with Crippen molar-refractivity contribution in [3.63, 3.8) is 0 Å². The van der Waals surface area contributed by atoms with Crippen LogP contribution in [0.4, 0.5) is 0 Å². The molecule has 26 heavy (non-hydrogen) atoms. The first-order chi connectivity index (χ1) is 12.7. The Morgan fingerprint density at radius 2 is 2.04 bits per heavy atom. The average molecular weight is 347 g/mol. The van der Waals surface area contributed by atoms with E-state index in [4.69, 9.17) is 9.15 Å². The van der Waals surface area contributed by atoms with Crippen LogP contribution in [0.2, 0.25) is 0 Å². The molecule has 0 spiro atoms. The fourth-order valence-corrected chi connectivity index (χ4v) is 2.77. The summed E-state index contributed by atoms with van der Waals surface area (Å²) in [6.45, 7) is 0.332. The average Bonchev–Trinajstić information content (AvgIpc) is 3.35. The van der Waals surface area contributed by atoms with Crippen molar-refractivity contribution in [1.82, 2.24) is 14.7 Å². The third kappa shape index (κ3) is 3.04. The molecule has 0 aliphatic heterocycles. The lowest BCUT2D eigenvalue weighted by atomic mass is 10.2. The van der Waals surface area contributed by atoms with E-state index in [0.717, 1.165) is 17.0 Å². The van der Waals surface area contributed by atoms with Gasteiger partial charge in [-0.2, -0.15) is 0 Å². The van der Waals surface area contributed by atoms with E-state index in [1.165, 1.54) is 0 Å². The van der Waals surface area contributed by atoms with Crippen molar-refractivity contribution in [2.45, 2.75) is 6.54 Å². The van der Waals surface area contributed by atoms with Crippen LogP contribution in [-0.2, 0) is 6.54 Å². The zero-order valence-electron chi connectivity index (χ0n) is 14.2. The van der Waals surface area contributed by atoms with Crippen molar-refractivity contribution < 1.29 is 13.9 Å². The highest BCUT2D eigenvalue weighted by Gasteiger charge is 2.14. The molecule has 0 aliphatic carbocycles. The second kappa shape index (κ2) is 6.76. The number of ether oxygens (including phenoxy) is 1. The minimum atomic E-state index is -0.195. The molecule has 0 bridgehead atoms. The molecule has 0 unspecified atom stereocenters. The number of amides is 1. The maximum absolute atomic E-state index is 12.6. The molecule has 6 nitrogen and oxygen atoms in total. The van der Waals surface area contributed by atoms with Gasteiger partial charge in [0.25, 0.3) is 5.91 Å². The number of methoxy groups -OCH3 is 1. The van der Waals surface area contributed by atoms with Gasteiger partial charge in [0.15, 0.2) is 0 Å². The lowest BCUT2D eigenvalue weighted by Gasteiger charge is -2.04. The number of furan rings is 1. The first-order valence-corrected chi connectivity index (χ1v) is 8.17. The zero-order valence-corrected chi connectivity index (χ0v) is 14.2. The Bertz CT molecular complexity index is 1030. The van der Waals surface area contributed by atoms with Gasteiger partial charge in [-0.25, -0.2) is 4.98 Å². The summed E-state index contributed by atoms with van der Waals surface area (Å²) in [6, 6.07) is 14.9. The number of aromatic nitrogens is 2. The third-order valence-corrected chi connectivity index (χ3v) is 4.12. The van der Waals surface area contributed by atoms with Crippen molar-refractivity contribution in [3.05, 3.63) is 78.5 Å². The van der Waals surface area contributed by atoms with Crippen LogP contribution in [0.15, 0.2) is 71.6 Å². The Hall–Kier alpha value is -3.54. The quantitative estimate of drug-likeness (QED) is 0.600. The molecule has 3 heterocycles. The second-order valence-electron chi connectivity index (χ2n) is 5.77. The number of pyridine rings is 1. The van der Waals surface area contributed by atoms with Gasteiger partial charge in [-0.1, -0.05) is 0 Å². The van der Waals surface area contributed by atoms with E-state index in [1.54, 1.807) is 25.5 Å². The molecule has 1 amide bonds. The van der Waals surface area contributed by atoms with Gasteiger partial charge in [0.05, 0.1) is 31.2 Å². The topological polar surface area (TPSA) is 68.8 Å². The van der Waals surface area contributed by atoms with Gasteiger partial charge in [0.1, 0.15) is 17.2 Å². The van der Waals surface area contributed by atoms with Gasteiger partial charge in [0.2, 0.25) is 0 Å². The fourth-order valence-electron chi connectivity index (χ4n) is 2.77. The van der Waals surface area contributed by atoms with Crippen LogP contribution in [0.1, 0.15) is 16.1 Å². The molecular weight excluding hydrogens is 330 g/mol. The third-order valence-electron chi connectivity index (χ3n) is 4.12. The van der Waals surface area contributed by atoms with Crippen LogP contribution < -0.4 is 10.1 Å². The maximum Gasteiger partial charge on any atom is 0.255 e. The van der Waals surface area contributed by atoms with E-state index >= 15 is 0 Å². The summed E-state index contributed by atoms with van der Waals surface area (Å²) < 4.78 is 12.3. The summed E-state index contributed by atoms with van der Waals surface area (Å²) in [5, 5.41) is 2.86. The van der Waals surface area contributed by atoms with E-state index in [9.17, 15) is 4.79 Å². The summed E-state index contributed by atoms with van der Waals surface area (Å²) in [4.78, 5) is 17.2. The van der Waals surface area contributed by atoms with E-state index in [-0.39, 0.29) is 5.91 Å². The normalized spacial score (nSPS) is 10.8. The van der Waals surface area contributed by atoms with Gasteiger partial charge >= 0.3 is 0 Å². The van der Waals surface area contributed by atoms with Gasteiger partial charge in [-0.3, -0.25) is 4.79 Å². The number of hydrogen-bond donors (Lipinski definition) is 1. The van der Waals surface area contributed by atoms with E-state index in [1.807, 2.05) is 53.2 Å². The Morgan fingerprint density at radius 1 is 1.19 bits per heavy atom. The number of hydrogen-bond acceptors (Lipinski definition) is 4. The van der Waals surface area contributed by atoms with Gasteiger partial charge in [0, 0.05) is 18.0 Å². The number of nitrogens with one attached hydrogen (secondary N) is 1. The summed E-state index contributed by atoms with van der Waals surface area (Å²) in [7, 11) is 1.63. The number of carbonyl (C=O) groups excluding carboxylic acids is 1. The molecule has 4 aromatic rings. The molecule has 1 aromatic carbocycles. The van der Waals surface area contributed by atoms with Gasteiger partial charge in [-0.05, 0) is 48.5 Å². The fraction of sp³-hybridized carbons (Fsp3) is 0.100. The summed E-state index contributed by atoms with van der Waals surface area (Å²) in [5.74, 6) is 1.29. The minimum Gasteiger partial charge on any atom is -0.497 e. The number of rotatable bonds is 5. The highest BCUT2D eigenvalue weighted by atomic mass is 16.5. The van der Waals surface area contributed by atoms with E-state index in [0.29, 0.717) is 23.5 Å². The summed E-state index contributed by atoms with van der Waals surface area (Å²) in [6.07, 6.45) is 5.36. The van der Waals surface area contributed by atoms with Crippen LogP contribution in [0.25, 0.3) is 16.9 Å². The first-order valence-electron chi connectivity index (χ1n) is 8.17. The van der Waals surface area contributed by atoms with Crippen LogP contribution in [0.3, 0.4) is 0 Å². The predicted molar refractivity (Wildman–Crippen MR) is 97.1 cm³/mol. The summed E-state index contributed by atoms with van der Waals surface area (Å²) in [5.41, 5.74) is 2.87. The molecule has 6 heteroatoms. The molecule has 0 atom stereocenters. The van der Waals surface area contributed by atoms with Crippen LogP contribution in [-0.4, -0.2) is 22.4 Å². The maximum atomic E-state index is 12.6. The van der Waals surface area contributed by atoms with E-state index < -0.39 is 0 Å². The predicted octanol–water partition coefficient (Wildman–Crippen LogP) is 3.53. The standard InChI is InChI=1S/C20H17N3O3/c1-25-15-8-6-14(7-9-15)18-13-23-10-2-5-17(19(23)22-18)20(24)21-12-16-4-3-11-26-16/h2-11,13H,12H2,1H3,(H,21,24). The van der Waals surface area contributed by atoms with Crippen LogP contribution in [0.5, 0.6) is 5.75 Å². The molecule has 130 valence electrons. The Balaban J connectivity index is 1.63. The minimum absolute atomic E-state index is 0.195. The molecule has 0 saturated heterocycles. The first kappa shape index (κ1) is 16.0. The Kier molecular flexibility index (Phi) is 4.15. The number of carbonyl (C=O) groups is 1. The van der Waals surface area contributed by atoms with Crippen molar-refractivity contribution in [1.29, 1.82) is 0 Å². The SMILES string of the molecule is COc1ccc(-c2cn3cccc(C(=O)NCc4ccco4)c3n2)cc1. The Labute approximate surface area is 150 Å². The van der Waals surface area contributed by atoms with Crippen molar-refractivity contribution in [2.75, 3.05) is 7.11 Å². The number of fused-ring (bicyclic) bond motifs is 1. The molecule has 0 radical (unpaired) electrons. The van der Waals surface area contributed by atoms with Crippen LogP contribution in [0, 0.1) is 0 Å². The van der Waals surface area contributed by atoms with Crippen molar-refractivity contribution in [2.24, 2.45) is 0 Å². The Morgan fingerprint density at radius 3 is 2.77 bits per heavy atom. The van der Waals surface area contributed by atoms with Crippen LogP contribution >= 0.6 is 0 Å². The molecule has 0 saturated carbocycles. The highest BCUT2D eigenvalue weighted by Crippen LogP contribution is 2.23. The number of imidazole rings is 1. The molecule has 0 fully saturated rings. The highest BCUT2D eigenvalue weighted by molar-refractivity contribution is 6.00. The molecule has 3 aromatic heterocycles. The smallest absolute Gasteiger partial charge is 0.255 e. The number of benzene rings is 1. The zero-order chi connectivity index (χ0) is 17.9. The molecular formula is C20H17N3O3. The van der Waals surface area contributed by atoms with Gasteiger partial charge < -0.3 is 18.9 Å². The lowest BCUT2D eigenvalue weighted by molar-refractivity contribution is 0.0949. The largest absolute Gasteiger partial charge is 0.497 e. The van der Waals surface area contributed by atoms with Gasteiger partial charge in [-0.15, -0.1) is 0 Å². The molecule has 0 aliphatic rings. The van der Waals surface area contributed by atoms with Crippen molar-refractivity contribution in [3.8, 4) is 17.0 Å². The van der Waals surface area contributed by atoms with E-state index in [2.05, 4.69) is 10.3 Å². The monoisotopic (exact) mass is 347 g/mol. The lowest BCUT2D eigenvalue weighted by Crippen LogP contribution is -2.23. The van der Waals surface area contributed by atoms with Crippen molar-refractivity contribution >= 4 is 11.6 Å². The summed E-state index contributed by atoms with van der Waals surface area (Å²) >= 11 is 0. The molecule has 1 N–H and O–H groups in total.